The molecule has 2 aromatic carbocycles. The quantitative estimate of drug-likeness (QED) is 0.881. The van der Waals surface area contributed by atoms with E-state index in [2.05, 4.69) is 37.4 Å². The normalized spacial score (nSPS) is 10.2. The van der Waals surface area contributed by atoms with Crippen LogP contribution in [0, 0.1) is 13.8 Å². The van der Waals surface area contributed by atoms with E-state index in [-0.39, 0.29) is 0 Å². The maximum absolute atomic E-state index is 11.1. The number of hydrogen-bond donors (Lipinski definition) is 2. The van der Waals surface area contributed by atoms with E-state index in [1.807, 2.05) is 12.1 Å². The minimum Gasteiger partial charge on any atom is -0.381 e. The molecule has 98 valence electrons. The molecule has 0 saturated heterocycles. The lowest BCUT2D eigenvalue weighted by molar-refractivity contribution is 0.100. The van der Waals surface area contributed by atoms with Crippen LogP contribution in [0.1, 0.15) is 27.0 Å². The van der Waals surface area contributed by atoms with E-state index in [0.717, 1.165) is 12.2 Å². The summed E-state index contributed by atoms with van der Waals surface area (Å²) in [4.78, 5) is 11.1. The number of benzene rings is 2. The van der Waals surface area contributed by atoms with E-state index in [0.29, 0.717) is 5.56 Å². The summed E-state index contributed by atoms with van der Waals surface area (Å²) >= 11 is 0. The van der Waals surface area contributed by atoms with Gasteiger partial charge in [-0.3, -0.25) is 4.79 Å². The Morgan fingerprint density at radius 2 is 1.89 bits per heavy atom. The summed E-state index contributed by atoms with van der Waals surface area (Å²) in [7, 11) is 0. The summed E-state index contributed by atoms with van der Waals surface area (Å²) in [6.07, 6.45) is 0. The maximum Gasteiger partial charge on any atom is 0.248 e. The first kappa shape index (κ1) is 13.1. The van der Waals surface area contributed by atoms with Crippen molar-refractivity contribution in [1.29, 1.82) is 0 Å². The molecule has 3 N–H and O–H groups in total. The number of nitrogens with one attached hydrogen (secondary N) is 1. The molecule has 19 heavy (non-hydrogen) atoms. The molecule has 0 atom stereocenters. The predicted molar refractivity (Wildman–Crippen MR) is 78.2 cm³/mol. The number of primary amides is 1. The van der Waals surface area contributed by atoms with Crippen molar-refractivity contribution >= 4 is 11.6 Å². The second kappa shape index (κ2) is 5.57. The Kier molecular flexibility index (Phi) is 3.85. The molecule has 0 fully saturated rings. The summed E-state index contributed by atoms with van der Waals surface area (Å²) in [5, 5.41) is 3.32. The third kappa shape index (κ3) is 3.13. The Balaban J connectivity index is 2.12. The van der Waals surface area contributed by atoms with Crippen molar-refractivity contribution in [3.8, 4) is 0 Å². The number of rotatable bonds is 4. The second-order valence-corrected chi connectivity index (χ2v) is 4.66. The van der Waals surface area contributed by atoms with E-state index in [1.165, 1.54) is 16.7 Å². The van der Waals surface area contributed by atoms with Crippen LogP contribution in [-0.2, 0) is 6.54 Å². The molecule has 0 bridgehead atoms. The zero-order valence-electron chi connectivity index (χ0n) is 11.2. The average molecular weight is 254 g/mol. The number of amides is 1. The number of anilines is 1. The zero-order valence-corrected chi connectivity index (χ0v) is 11.2. The van der Waals surface area contributed by atoms with Crippen LogP contribution >= 0.6 is 0 Å². The number of hydrogen-bond acceptors (Lipinski definition) is 2. The van der Waals surface area contributed by atoms with Crippen molar-refractivity contribution in [2.45, 2.75) is 20.4 Å². The number of nitrogens with two attached hydrogens (primary N) is 1. The van der Waals surface area contributed by atoms with E-state index >= 15 is 0 Å². The number of carbonyl (C=O) groups excluding carboxylic acids is 1. The molecular formula is C16H18N2O. The first-order valence-corrected chi connectivity index (χ1v) is 6.27. The van der Waals surface area contributed by atoms with Crippen molar-refractivity contribution < 1.29 is 4.79 Å². The Bertz CT molecular complexity index is 605. The molecule has 0 aromatic heterocycles. The van der Waals surface area contributed by atoms with Crippen molar-refractivity contribution in [3.63, 3.8) is 0 Å². The summed E-state index contributed by atoms with van der Waals surface area (Å²) in [5.41, 5.74) is 10.5. The van der Waals surface area contributed by atoms with E-state index in [1.54, 1.807) is 12.1 Å². The van der Waals surface area contributed by atoms with Gasteiger partial charge in [0.25, 0.3) is 0 Å². The monoisotopic (exact) mass is 254 g/mol. The first-order chi connectivity index (χ1) is 9.08. The fraction of sp³-hybridized carbons (Fsp3) is 0.188. The predicted octanol–water partition coefficient (Wildman–Crippen LogP) is 3.01. The lowest BCUT2D eigenvalue weighted by atomic mass is 10.0. The lowest BCUT2D eigenvalue weighted by Crippen LogP contribution is -2.11. The van der Waals surface area contributed by atoms with Gasteiger partial charge in [-0.1, -0.05) is 24.3 Å². The van der Waals surface area contributed by atoms with Crippen LogP contribution in [0.15, 0.2) is 42.5 Å². The Morgan fingerprint density at radius 3 is 2.63 bits per heavy atom. The molecule has 0 aliphatic carbocycles. The van der Waals surface area contributed by atoms with Crippen LogP contribution in [0.2, 0.25) is 0 Å². The number of aryl methyl sites for hydroxylation is 1. The molecule has 2 rings (SSSR count). The third-order valence-corrected chi connectivity index (χ3v) is 3.35. The molecule has 3 nitrogen and oxygen atoms in total. The van der Waals surface area contributed by atoms with Crippen molar-refractivity contribution in [3.05, 3.63) is 64.7 Å². The molecule has 0 saturated carbocycles. The molecule has 0 aliphatic heterocycles. The molecule has 0 heterocycles. The van der Waals surface area contributed by atoms with Crippen LogP contribution in [0.3, 0.4) is 0 Å². The van der Waals surface area contributed by atoms with Gasteiger partial charge < -0.3 is 11.1 Å². The fourth-order valence-corrected chi connectivity index (χ4v) is 1.98. The summed E-state index contributed by atoms with van der Waals surface area (Å²) < 4.78 is 0. The Labute approximate surface area is 113 Å². The minimum atomic E-state index is -0.407. The van der Waals surface area contributed by atoms with Crippen molar-refractivity contribution in [1.82, 2.24) is 0 Å². The van der Waals surface area contributed by atoms with Gasteiger partial charge in [0.05, 0.1) is 0 Å². The summed E-state index contributed by atoms with van der Waals surface area (Å²) in [6, 6.07) is 13.5. The highest BCUT2D eigenvalue weighted by Gasteiger charge is 2.03. The van der Waals surface area contributed by atoms with Gasteiger partial charge in [-0.2, -0.15) is 0 Å². The third-order valence-electron chi connectivity index (χ3n) is 3.35. The topological polar surface area (TPSA) is 55.1 Å². The van der Waals surface area contributed by atoms with E-state index < -0.39 is 5.91 Å². The molecule has 1 amide bonds. The van der Waals surface area contributed by atoms with Crippen LogP contribution in [-0.4, -0.2) is 5.91 Å². The van der Waals surface area contributed by atoms with Gasteiger partial charge >= 0.3 is 0 Å². The molecule has 0 unspecified atom stereocenters. The Morgan fingerprint density at radius 1 is 1.16 bits per heavy atom. The average Bonchev–Trinajstić information content (AvgIpc) is 2.41. The van der Waals surface area contributed by atoms with Crippen LogP contribution < -0.4 is 11.1 Å². The summed E-state index contributed by atoms with van der Waals surface area (Å²) in [6.45, 7) is 4.95. The van der Waals surface area contributed by atoms with Gasteiger partial charge in [0.15, 0.2) is 0 Å². The zero-order chi connectivity index (χ0) is 13.8. The van der Waals surface area contributed by atoms with Gasteiger partial charge in [-0.05, 0) is 48.7 Å². The molecule has 0 spiro atoms. The summed E-state index contributed by atoms with van der Waals surface area (Å²) in [5.74, 6) is -0.407. The smallest absolute Gasteiger partial charge is 0.248 e. The lowest BCUT2D eigenvalue weighted by Gasteiger charge is -2.11. The van der Waals surface area contributed by atoms with Gasteiger partial charge in [-0.15, -0.1) is 0 Å². The van der Waals surface area contributed by atoms with Crippen molar-refractivity contribution in [2.75, 3.05) is 5.32 Å². The standard InChI is InChI=1S/C16H18N2O/c1-11-5-3-7-14(12(11)2)10-18-15-8-4-6-13(9-15)16(17)19/h3-9,18H,10H2,1-2H3,(H2,17,19). The van der Waals surface area contributed by atoms with E-state index in [9.17, 15) is 4.79 Å². The van der Waals surface area contributed by atoms with Crippen LogP contribution in [0.5, 0.6) is 0 Å². The van der Waals surface area contributed by atoms with Gasteiger partial charge in [0, 0.05) is 17.8 Å². The fourth-order valence-electron chi connectivity index (χ4n) is 1.98. The highest BCUT2D eigenvalue weighted by atomic mass is 16.1. The first-order valence-electron chi connectivity index (χ1n) is 6.27. The SMILES string of the molecule is Cc1cccc(CNc2cccc(C(N)=O)c2)c1C. The van der Waals surface area contributed by atoms with E-state index in [4.69, 9.17) is 5.73 Å². The molecular weight excluding hydrogens is 236 g/mol. The van der Waals surface area contributed by atoms with Crippen molar-refractivity contribution in [2.24, 2.45) is 5.73 Å². The Hall–Kier alpha value is -2.29. The second-order valence-electron chi connectivity index (χ2n) is 4.66. The van der Waals surface area contributed by atoms with Gasteiger partial charge in [0.1, 0.15) is 0 Å². The van der Waals surface area contributed by atoms with Crippen LogP contribution in [0.4, 0.5) is 5.69 Å². The highest BCUT2D eigenvalue weighted by Crippen LogP contribution is 2.16. The van der Waals surface area contributed by atoms with Crippen LogP contribution in [0.25, 0.3) is 0 Å². The largest absolute Gasteiger partial charge is 0.381 e. The molecule has 3 heteroatoms. The molecule has 0 radical (unpaired) electrons. The maximum atomic E-state index is 11.1. The molecule has 2 aromatic rings. The van der Waals surface area contributed by atoms with Gasteiger partial charge in [-0.25, -0.2) is 0 Å². The van der Waals surface area contributed by atoms with Gasteiger partial charge in [0.2, 0.25) is 5.91 Å². The number of carbonyl (C=O) groups is 1. The highest BCUT2D eigenvalue weighted by molar-refractivity contribution is 5.93. The minimum absolute atomic E-state index is 0.407. The molecule has 0 aliphatic rings.